The van der Waals surface area contributed by atoms with Gasteiger partial charge in [0.1, 0.15) is 11.3 Å². The minimum absolute atomic E-state index is 0.0609. The van der Waals surface area contributed by atoms with Crippen LogP contribution in [0.5, 0.6) is 5.75 Å². The summed E-state index contributed by atoms with van der Waals surface area (Å²) in [5, 5.41) is 2.92. The Hall–Kier alpha value is -3.35. The van der Waals surface area contributed by atoms with Gasteiger partial charge in [-0.25, -0.2) is 4.79 Å². The number of imide groups is 1. The fourth-order valence-electron chi connectivity index (χ4n) is 4.99. The standard InChI is InChI=1S/C28H35N3O4/c1-20(2)22-9-7-21(8-10-22)19-31(23-11-13-24(35-3)14-12-23)25(32)15-18-30-26(33)28(29-27(30)34)16-5-4-6-17-28/h7-14,20H,4-6,15-19H2,1-3H3,(H,29,34). The molecule has 1 saturated carbocycles. The largest absolute Gasteiger partial charge is 0.497 e. The van der Waals surface area contributed by atoms with Gasteiger partial charge in [0.25, 0.3) is 5.91 Å². The zero-order valence-corrected chi connectivity index (χ0v) is 20.9. The van der Waals surface area contributed by atoms with E-state index in [-0.39, 0.29) is 30.8 Å². The third-order valence-corrected chi connectivity index (χ3v) is 7.17. The van der Waals surface area contributed by atoms with Gasteiger partial charge in [0.2, 0.25) is 5.91 Å². The Labute approximate surface area is 207 Å². The monoisotopic (exact) mass is 477 g/mol. The van der Waals surface area contributed by atoms with Gasteiger partial charge in [-0.15, -0.1) is 0 Å². The molecule has 1 spiro atoms. The van der Waals surface area contributed by atoms with E-state index in [2.05, 4.69) is 31.3 Å². The third kappa shape index (κ3) is 5.34. The van der Waals surface area contributed by atoms with E-state index in [1.807, 2.05) is 36.4 Å². The number of anilines is 1. The summed E-state index contributed by atoms with van der Waals surface area (Å²) in [6.07, 6.45) is 4.35. The number of amides is 4. The number of nitrogens with one attached hydrogen (secondary N) is 1. The number of carbonyl (C=O) groups is 3. The van der Waals surface area contributed by atoms with Gasteiger partial charge in [0, 0.05) is 18.7 Å². The van der Waals surface area contributed by atoms with Crippen molar-refractivity contribution >= 4 is 23.5 Å². The highest BCUT2D eigenvalue weighted by molar-refractivity contribution is 6.07. The first-order valence-electron chi connectivity index (χ1n) is 12.5. The highest BCUT2D eigenvalue weighted by Gasteiger charge is 2.51. The highest BCUT2D eigenvalue weighted by atomic mass is 16.5. The van der Waals surface area contributed by atoms with Crippen LogP contribution in [0.15, 0.2) is 48.5 Å². The second kappa shape index (κ2) is 10.5. The lowest BCUT2D eigenvalue weighted by Crippen LogP contribution is -2.48. The predicted molar refractivity (Wildman–Crippen MR) is 135 cm³/mol. The van der Waals surface area contributed by atoms with E-state index >= 15 is 0 Å². The van der Waals surface area contributed by atoms with Gasteiger partial charge in [-0.2, -0.15) is 0 Å². The molecule has 0 bridgehead atoms. The van der Waals surface area contributed by atoms with Gasteiger partial charge >= 0.3 is 6.03 Å². The average Bonchev–Trinajstić information content (AvgIpc) is 3.09. The molecular formula is C28H35N3O4. The number of carbonyl (C=O) groups excluding carboxylic acids is 3. The Balaban J connectivity index is 1.49. The van der Waals surface area contributed by atoms with Crippen LogP contribution < -0.4 is 15.0 Å². The van der Waals surface area contributed by atoms with Gasteiger partial charge < -0.3 is 15.0 Å². The summed E-state index contributed by atoms with van der Waals surface area (Å²) in [6, 6.07) is 15.2. The van der Waals surface area contributed by atoms with E-state index in [1.54, 1.807) is 12.0 Å². The van der Waals surface area contributed by atoms with E-state index in [0.29, 0.717) is 31.1 Å². The maximum atomic E-state index is 13.4. The molecule has 2 aromatic rings. The predicted octanol–water partition coefficient (Wildman–Crippen LogP) is 5.00. The van der Waals surface area contributed by atoms with E-state index in [9.17, 15) is 14.4 Å². The smallest absolute Gasteiger partial charge is 0.325 e. The molecule has 2 aliphatic rings. The van der Waals surface area contributed by atoms with Crippen molar-refractivity contribution in [1.29, 1.82) is 0 Å². The minimum atomic E-state index is -0.772. The SMILES string of the molecule is COc1ccc(N(Cc2ccc(C(C)C)cc2)C(=O)CCN2C(=O)NC3(CCCCC3)C2=O)cc1. The number of benzene rings is 2. The van der Waals surface area contributed by atoms with Crippen LogP contribution in [0.3, 0.4) is 0 Å². The molecule has 2 fully saturated rings. The lowest BCUT2D eigenvalue weighted by atomic mass is 9.82. The fraction of sp³-hybridized carbons (Fsp3) is 0.464. The minimum Gasteiger partial charge on any atom is -0.497 e. The Bertz CT molecular complexity index is 1060. The summed E-state index contributed by atoms with van der Waals surface area (Å²) in [5.41, 5.74) is 2.22. The molecule has 1 N–H and O–H groups in total. The average molecular weight is 478 g/mol. The lowest BCUT2D eigenvalue weighted by Gasteiger charge is -2.30. The van der Waals surface area contributed by atoms with Crippen LogP contribution in [0.2, 0.25) is 0 Å². The van der Waals surface area contributed by atoms with Gasteiger partial charge in [-0.05, 0) is 54.2 Å². The summed E-state index contributed by atoms with van der Waals surface area (Å²) in [5.74, 6) is 0.808. The summed E-state index contributed by atoms with van der Waals surface area (Å²) in [6.45, 7) is 4.77. The van der Waals surface area contributed by atoms with Gasteiger partial charge in [-0.1, -0.05) is 57.4 Å². The summed E-state index contributed by atoms with van der Waals surface area (Å²) in [7, 11) is 1.60. The first-order chi connectivity index (χ1) is 16.8. The van der Waals surface area contributed by atoms with Crippen LogP contribution in [0, 0.1) is 0 Å². The highest BCUT2D eigenvalue weighted by Crippen LogP contribution is 2.34. The van der Waals surface area contributed by atoms with Gasteiger partial charge in [0.05, 0.1) is 13.7 Å². The lowest BCUT2D eigenvalue weighted by molar-refractivity contribution is -0.132. The molecule has 7 heteroatoms. The molecule has 1 saturated heterocycles. The molecule has 4 amide bonds. The molecule has 1 aliphatic heterocycles. The Morgan fingerprint density at radius 3 is 2.29 bits per heavy atom. The Morgan fingerprint density at radius 2 is 1.69 bits per heavy atom. The van der Waals surface area contributed by atoms with Crippen molar-refractivity contribution in [2.45, 2.75) is 70.4 Å². The molecule has 7 nitrogen and oxygen atoms in total. The van der Waals surface area contributed by atoms with Crippen molar-refractivity contribution in [3.05, 3.63) is 59.7 Å². The Morgan fingerprint density at radius 1 is 1.03 bits per heavy atom. The molecule has 186 valence electrons. The van der Waals surface area contributed by atoms with E-state index in [0.717, 1.165) is 30.5 Å². The summed E-state index contributed by atoms with van der Waals surface area (Å²) >= 11 is 0. The van der Waals surface area contributed by atoms with E-state index in [4.69, 9.17) is 4.74 Å². The summed E-state index contributed by atoms with van der Waals surface area (Å²) < 4.78 is 5.26. The van der Waals surface area contributed by atoms with Crippen LogP contribution >= 0.6 is 0 Å². The number of urea groups is 1. The molecule has 0 atom stereocenters. The van der Waals surface area contributed by atoms with Crippen LogP contribution in [-0.2, 0) is 16.1 Å². The maximum absolute atomic E-state index is 13.4. The first kappa shape index (κ1) is 24.8. The van der Waals surface area contributed by atoms with Crippen molar-refractivity contribution < 1.29 is 19.1 Å². The van der Waals surface area contributed by atoms with Crippen molar-refractivity contribution in [3.63, 3.8) is 0 Å². The molecule has 4 rings (SSSR count). The normalized spacial score (nSPS) is 17.1. The fourth-order valence-corrected chi connectivity index (χ4v) is 4.99. The zero-order valence-electron chi connectivity index (χ0n) is 20.9. The van der Waals surface area contributed by atoms with Crippen molar-refractivity contribution in [2.24, 2.45) is 0 Å². The number of methoxy groups -OCH3 is 1. The van der Waals surface area contributed by atoms with Crippen molar-refractivity contribution in [3.8, 4) is 5.75 Å². The van der Waals surface area contributed by atoms with Crippen LogP contribution in [0.1, 0.15) is 69.4 Å². The second-order valence-electron chi connectivity index (χ2n) is 9.85. The van der Waals surface area contributed by atoms with Gasteiger partial charge in [-0.3, -0.25) is 14.5 Å². The molecule has 0 unspecified atom stereocenters. The van der Waals surface area contributed by atoms with Crippen LogP contribution in [0.4, 0.5) is 10.5 Å². The number of nitrogens with zero attached hydrogens (tertiary/aromatic N) is 2. The van der Waals surface area contributed by atoms with Crippen molar-refractivity contribution in [1.82, 2.24) is 10.2 Å². The topological polar surface area (TPSA) is 79.0 Å². The number of hydrogen-bond acceptors (Lipinski definition) is 4. The van der Waals surface area contributed by atoms with Crippen LogP contribution in [-0.4, -0.2) is 41.9 Å². The molecule has 2 aromatic carbocycles. The molecule has 1 aliphatic carbocycles. The maximum Gasteiger partial charge on any atom is 0.325 e. The molecular weight excluding hydrogens is 442 g/mol. The number of rotatable bonds is 8. The number of hydrogen-bond donors (Lipinski definition) is 1. The van der Waals surface area contributed by atoms with E-state index < -0.39 is 5.54 Å². The molecule has 35 heavy (non-hydrogen) atoms. The molecule has 0 aromatic heterocycles. The Kier molecular flexibility index (Phi) is 7.43. The second-order valence-corrected chi connectivity index (χ2v) is 9.85. The summed E-state index contributed by atoms with van der Waals surface area (Å²) in [4.78, 5) is 42.1. The van der Waals surface area contributed by atoms with Gasteiger partial charge in [0.15, 0.2) is 0 Å². The number of ether oxygens (including phenoxy) is 1. The zero-order chi connectivity index (χ0) is 25.0. The molecule has 0 radical (unpaired) electrons. The molecule has 1 heterocycles. The van der Waals surface area contributed by atoms with Crippen LogP contribution in [0.25, 0.3) is 0 Å². The third-order valence-electron chi connectivity index (χ3n) is 7.17. The quantitative estimate of drug-likeness (QED) is 0.543. The van der Waals surface area contributed by atoms with E-state index in [1.165, 1.54) is 10.5 Å². The first-order valence-corrected chi connectivity index (χ1v) is 12.5. The van der Waals surface area contributed by atoms with Crippen molar-refractivity contribution in [2.75, 3.05) is 18.6 Å².